The van der Waals surface area contributed by atoms with Gasteiger partial charge in [0.1, 0.15) is 16.9 Å². The summed E-state index contributed by atoms with van der Waals surface area (Å²) < 4.78 is 14.4. The molecule has 0 aliphatic carbocycles. The third-order valence-electron chi connectivity index (χ3n) is 5.82. The van der Waals surface area contributed by atoms with Crippen LogP contribution in [0.5, 0.6) is 5.75 Å². The highest BCUT2D eigenvalue weighted by Crippen LogP contribution is 2.40. The number of rotatable bonds is 4. The summed E-state index contributed by atoms with van der Waals surface area (Å²) in [5.74, 6) is 2.27. The summed E-state index contributed by atoms with van der Waals surface area (Å²) >= 11 is 3.25. The van der Waals surface area contributed by atoms with E-state index in [1.54, 1.807) is 11.6 Å². The minimum absolute atomic E-state index is 0.0126. The van der Waals surface area contributed by atoms with Crippen molar-refractivity contribution in [3.8, 4) is 5.75 Å². The van der Waals surface area contributed by atoms with Gasteiger partial charge in [0.2, 0.25) is 0 Å². The smallest absolute Gasteiger partial charge is 0.267 e. The topological polar surface area (TPSA) is 60.8 Å². The molecule has 2 aromatic heterocycles. The molecule has 0 spiro atoms. The molecule has 1 amide bonds. The van der Waals surface area contributed by atoms with Crippen LogP contribution in [0.1, 0.15) is 22.5 Å². The molecule has 158 valence electrons. The first-order valence-electron chi connectivity index (χ1n) is 10.3. The second-order valence-electron chi connectivity index (χ2n) is 7.70. The lowest BCUT2D eigenvalue weighted by atomic mass is 10.1. The van der Waals surface area contributed by atoms with Crippen LogP contribution in [0.2, 0.25) is 0 Å². The van der Waals surface area contributed by atoms with Crippen LogP contribution in [-0.4, -0.2) is 59.3 Å². The standard InChI is InChI=1S/C22H24N2O4S2/c1-23-16-7-3-2-6-15(16)19-17(21(23)25)18(28-13-14-5-4-10-27-14)20(30-19)22(26)24-8-11-29-12-9-24/h2-3,6-7,14H,4-5,8-13H2,1H3. The second-order valence-corrected chi connectivity index (χ2v) is 9.94. The van der Waals surface area contributed by atoms with Crippen LogP contribution in [0, 0.1) is 0 Å². The third kappa shape index (κ3) is 3.40. The fourth-order valence-electron chi connectivity index (χ4n) is 4.18. The van der Waals surface area contributed by atoms with Gasteiger partial charge in [-0.3, -0.25) is 9.59 Å². The SMILES string of the molecule is Cn1c(=O)c2c(OCC3CCCO3)c(C(=O)N3CCSCC3)sc2c2ccccc21. The molecule has 0 radical (unpaired) electrons. The number of nitrogens with zero attached hydrogens (tertiary/aromatic N) is 2. The first kappa shape index (κ1) is 19.9. The average molecular weight is 445 g/mol. The van der Waals surface area contributed by atoms with E-state index in [-0.39, 0.29) is 17.6 Å². The van der Waals surface area contributed by atoms with E-state index < -0.39 is 0 Å². The van der Waals surface area contributed by atoms with E-state index in [1.165, 1.54) is 11.3 Å². The molecule has 2 fully saturated rings. The number of carbonyl (C=O) groups is 1. The lowest BCUT2D eigenvalue weighted by Crippen LogP contribution is -2.37. The van der Waals surface area contributed by atoms with Crippen LogP contribution >= 0.6 is 23.1 Å². The minimum Gasteiger partial charge on any atom is -0.488 e. The molecular weight excluding hydrogens is 420 g/mol. The number of carbonyl (C=O) groups excluding carboxylic acids is 1. The molecule has 2 aliphatic rings. The van der Waals surface area contributed by atoms with Gasteiger partial charge in [0.05, 0.1) is 16.3 Å². The molecule has 0 saturated carbocycles. The molecule has 0 N–H and O–H groups in total. The Hall–Kier alpha value is -2.03. The van der Waals surface area contributed by atoms with Gasteiger partial charge < -0.3 is 18.9 Å². The van der Waals surface area contributed by atoms with E-state index in [4.69, 9.17) is 9.47 Å². The summed E-state index contributed by atoms with van der Waals surface area (Å²) in [6.45, 7) is 2.54. The number of para-hydroxylation sites is 1. The van der Waals surface area contributed by atoms with Crippen LogP contribution < -0.4 is 10.3 Å². The van der Waals surface area contributed by atoms with Gasteiger partial charge in [0.25, 0.3) is 11.5 Å². The number of pyridine rings is 1. The Morgan fingerprint density at radius 2 is 2.07 bits per heavy atom. The number of hydrogen-bond donors (Lipinski definition) is 0. The maximum absolute atomic E-state index is 13.4. The van der Waals surface area contributed by atoms with Crippen LogP contribution in [0.3, 0.4) is 0 Å². The Bertz CT molecular complexity index is 1160. The zero-order chi connectivity index (χ0) is 20.7. The highest BCUT2D eigenvalue weighted by atomic mass is 32.2. The number of aromatic nitrogens is 1. The lowest BCUT2D eigenvalue weighted by Gasteiger charge is -2.26. The third-order valence-corrected chi connectivity index (χ3v) is 7.96. The van der Waals surface area contributed by atoms with Gasteiger partial charge in [-0.15, -0.1) is 11.3 Å². The van der Waals surface area contributed by atoms with Crippen molar-refractivity contribution in [1.82, 2.24) is 9.47 Å². The van der Waals surface area contributed by atoms with Crippen molar-refractivity contribution < 1.29 is 14.3 Å². The maximum Gasteiger partial charge on any atom is 0.267 e. The van der Waals surface area contributed by atoms with Gasteiger partial charge in [0.15, 0.2) is 5.75 Å². The van der Waals surface area contributed by atoms with Gasteiger partial charge in [0, 0.05) is 43.6 Å². The molecule has 1 aromatic carbocycles. The second kappa shape index (κ2) is 8.24. The summed E-state index contributed by atoms with van der Waals surface area (Å²) in [6.07, 6.45) is 1.97. The van der Waals surface area contributed by atoms with Crippen molar-refractivity contribution in [3.05, 3.63) is 39.5 Å². The van der Waals surface area contributed by atoms with Crippen molar-refractivity contribution in [2.75, 3.05) is 37.8 Å². The number of aryl methyl sites for hydroxylation is 1. The van der Waals surface area contributed by atoms with Crippen molar-refractivity contribution in [1.29, 1.82) is 0 Å². The maximum atomic E-state index is 13.4. The first-order chi connectivity index (χ1) is 14.6. The Morgan fingerprint density at radius 1 is 1.27 bits per heavy atom. The molecule has 3 aromatic rings. The monoisotopic (exact) mass is 444 g/mol. The molecule has 6 nitrogen and oxygen atoms in total. The van der Waals surface area contributed by atoms with E-state index in [9.17, 15) is 9.59 Å². The number of thioether (sulfide) groups is 1. The predicted octanol–water partition coefficient (Wildman–Crippen LogP) is 3.50. The Kier molecular flexibility index (Phi) is 5.47. The molecule has 1 atom stereocenters. The molecule has 2 saturated heterocycles. The Morgan fingerprint density at radius 3 is 2.83 bits per heavy atom. The van der Waals surface area contributed by atoms with Crippen LogP contribution in [0.25, 0.3) is 21.0 Å². The Balaban J connectivity index is 1.67. The van der Waals surface area contributed by atoms with Crippen molar-refractivity contribution in [2.45, 2.75) is 18.9 Å². The van der Waals surface area contributed by atoms with E-state index in [1.807, 2.05) is 40.9 Å². The van der Waals surface area contributed by atoms with Crippen molar-refractivity contribution in [2.24, 2.45) is 7.05 Å². The van der Waals surface area contributed by atoms with Crippen LogP contribution in [0.15, 0.2) is 29.1 Å². The summed E-state index contributed by atoms with van der Waals surface area (Å²) in [5, 5.41) is 1.48. The van der Waals surface area contributed by atoms with Crippen LogP contribution in [0.4, 0.5) is 0 Å². The van der Waals surface area contributed by atoms with Gasteiger partial charge in [-0.2, -0.15) is 11.8 Å². The average Bonchev–Trinajstić information content (AvgIpc) is 3.44. The Labute approximate surface area is 182 Å². The quantitative estimate of drug-likeness (QED) is 0.616. The predicted molar refractivity (Wildman–Crippen MR) is 122 cm³/mol. The zero-order valence-corrected chi connectivity index (χ0v) is 18.5. The first-order valence-corrected chi connectivity index (χ1v) is 12.3. The summed E-state index contributed by atoms with van der Waals surface area (Å²) in [4.78, 5) is 29.1. The fraction of sp³-hybridized carbons (Fsp3) is 0.455. The molecule has 8 heteroatoms. The number of fused-ring (bicyclic) bond motifs is 3. The highest BCUT2D eigenvalue weighted by molar-refractivity contribution is 7.99. The van der Waals surface area contributed by atoms with Crippen molar-refractivity contribution >= 4 is 50.0 Å². The highest BCUT2D eigenvalue weighted by Gasteiger charge is 2.29. The summed E-state index contributed by atoms with van der Waals surface area (Å²) in [6, 6.07) is 7.82. The van der Waals surface area contributed by atoms with Crippen molar-refractivity contribution in [3.63, 3.8) is 0 Å². The van der Waals surface area contributed by atoms with E-state index in [0.717, 1.165) is 59.6 Å². The van der Waals surface area contributed by atoms with Gasteiger partial charge in [-0.05, 0) is 18.9 Å². The number of ether oxygens (including phenoxy) is 2. The largest absolute Gasteiger partial charge is 0.488 e. The minimum atomic E-state index is -0.129. The van der Waals surface area contributed by atoms with E-state index in [0.29, 0.717) is 22.6 Å². The summed E-state index contributed by atoms with van der Waals surface area (Å²) in [5.41, 5.74) is 0.728. The molecular formula is C22H24N2O4S2. The van der Waals surface area contributed by atoms with Gasteiger partial charge in [-0.1, -0.05) is 18.2 Å². The number of hydrogen-bond acceptors (Lipinski definition) is 6. The number of thiophene rings is 1. The van der Waals surface area contributed by atoms with E-state index in [2.05, 4.69) is 0 Å². The van der Waals surface area contributed by atoms with E-state index >= 15 is 0 Å². The molecule has 5 rings (SSSR count). The zero-order valence-electron chi connectivity index (χ0n) is 16.9. The molecule has 0 bridgehead atoms. The molecule has 4 heterocycles. The summed E-state index contributed by atoms with van der Waals surface area (Å²) in [7, 11) is 1.77. The van der Waals surface area contributed by atoms with Gasteiger partial charge >= 0.3 is 0 Å². The normalized spacial score (nSPS) is 19.6. The molecule has 30 heavy (non-hydrogen) atoms. The lowest BCUT2D eigenvalue weighted by molar-refractivity contribution is 0.0663. The fourth-order valence-corrected chi connectivity index (χ4v) is 6.32. The van der Waals surface area contributed by atoms with Crippen LogP contribution in [-0.2, 0) is 11.8 Å². The van der Waals surface area contributed by atoms with Gasteiger partial charge in [-0.25, -0.2) is 0 Å². The number of benzene rings is 1. The molecule has 1 unspecified atom stereocenters. The molecule has 2 aliphatic heterocycles. The number of amides is 1.